The molecule has 0 heterocycles. The number of carbonyl (C=O) groups excluding carboxylic acids is 1. The van der Waals surface area contributed by atoms with Gasteiger partial charge in [0.05, 0.1) is 19.8 Å². The minimum atomic E-state index is 0.0681. The first-order chi connectivity index (χ1) is 9.16. The largest absolute Gasteiger partial charge is 0.379 e. The normalized spacial score (nSPS) is 10.0. The zero-order chi connectivity index (χ0) is 14.9. The van der Waals surface area contributed by atoms with E-state index in [2.05, 4.69) is 19.2 Å². The first-order valence-electron chi connectivity index (χ1n) is 7.59. The van der Waals surface area contributed by atoms with E-state index in [0.717, 1.165) is 18.9 Å². The summed E-state index contributed by atoms with van der Waals surface area (Å²) in [6.45, 7) is 13.5. The van der Waals surface area contributed by atoms with Crippen molar-refractivity contribution in [2.45, 2.75) is 53.9 Å². The molecule has 0 aliphatic rings. The maximum absolute atomic E-state index is 10.9. The van der Waals surface area contributed by atoms with Crippen LogP contribution in [0.4, 0.5) is 0 Å². The predicted molar refractivity (Wildman–Crippen MR) is 80.4 cm³/mol. The lowest BCUT2D eigenvalue weighted by Crippen LogP contribution is -2.26. The Bertz CT molecular complexity index is 184. The van der Waals surface area contributed by atoms with Gasteiger partial charge in [0.1, 0.15) is 0 Å². The third-order valence-corrected chi connectivity index (χ3v) is 2.33. The molecule has 1 N–H and O–H groups in total. The van der Waals surface area contributed by atoms with Gasteiger partial charge in [-0.25, -0.2) is 0 Å². The van der Waals surface area contributed by atoms with Crippen LogP contribution in [0.1, 0.15) is 53.9 Å². The average molecular weight is 275 g/mol. The third-order valence-electron chi connectivity index (χ3n) is 2.33. The fourth-order valence-electron chi connectivity index (χ4n) is 1.30. The van der Waals surface area contributed by atoms with Crippen molar-refractivity contribution in [3.8, 4) is 0 Å². The molecule has 0 spiro atoms. The maximum Gasteiger partial charge on any atom is 0.219 e. The van der Waals surface area contributed by atoms with Crippen LogP contribution < -0.4 is 5.32 Å². The number of rotatable bonds is 11. The predicted octanol–water partition coefficient (Wildman–Crippen LogP) is 3.01. The summed E-state index contributed by atoms with van der Waals surface area (Å²) in [7, 11) is 0. The Labute approximate surface area is 119 Å². The lowest BCUT2D eigenvalue weighted by molar-refractivity contribution is -0.121. The molecule has 116 valence electrons. The van der Waals surface area contributed by atoms with Gasteiger partial charge in [-0.3, -0.25) is 4.79 Å². The van der Waals surface area contributed by atoms with E-state index >= 15 is 0 Å². The zero-order valence-electron chi connectivity index (χ0n) is 13.5. The summed E-state index contributed by atoms with van der Waals surface area (Å²) >= 11 is 0. The van der Waals surface area contributed by atoms with E-state index < -0.39 is 0 Å². The molecule has 0 atom stereocenters. The number of hydrogen-bond acceptors (Lipinski definition) is 3. The Balaban J connectivity index is 0. The molecule has 0 radical (unpaired) electrons. The molecule has 0 rings (SSSR count). The molecule has 0 aromatic rings. The summed E-state index contributed by atoms with van der Waals surface area (Å²) < 4.78 is 10.7. The van der Waals surface area contributed by atoms with Gasteiger partial charge in [-0.15, -0.1) is 0 Å². The molecular formula is C15H33NO3. The Morgan fingerprint density at radius 3 is 2.16 bits per heavy atom. The summed E-state index contributed by atoms with van der Waals surface area (Å²) in [5.74, 6) is 0.815. The van der Waals surface area contributed by atoms with Crippen LogP contribution in [0, 0.1) is 5.92 Å². The first kappa shape index (κ1) is 20.7. The van der Waals surface area contributed by atoms with Crippen molar-refractivity contribution in [2.24, 2.45) is 5.92 Å². The monoisotopic (exact) mass is 275 g/mol. The van der Waals surface area contributed by atoms with Crippen LogP contribution in [0.5, 0.6) is 0 Å². The number of carbonyl (C=O) groups is 1. The Kier molecular flexibility index (Phi) is 18.9. The van der Waals surface area contributed by atoms with Gasteiger partial charge in [0.2, 0.25) is 5.91 Å². The quantitative estimate of drug-likeness (QED) is 0.590. The minimum absolute atomic E-state index is 0.0681. The van der Waals surface area contributed by atoms with E-state index in [4.69, 9.17) is 9.47 Å². The molecule has 0 aromatic heterocycles. The lowest BCUT2D eigenvalue weighted by Gasteiger charge is -2.07. The van der Waals surface area contributed by atoms with Crippen molar-refractivity contribution in [1.82, 2.24) is 5.32 Å². The molecule has 0 aliphatic heterocycles. The van der Waals surface area contributed by atoms with Gasteiger partial charge < -0.3 is 14.8 Å². The second kappa shape index (κ2) is 17.4. The highest BCUT2D eigenvalue weighted by molar-refractivity contribution is 5.75. The van der Waals surface area contributed by atoms with Crippen LogP contribution in [0.3, 0.4) is 0 Å². The van der Waals surface area contributed by atoms with Gasteiger partial charge in [-0.05, 0) is 18.8 Å². The summed E-state index contributed by atoms with van der Waals surface area (Å²) in [6.07, 6.45) is 2.85. The molecule has 19 heavy (non-hydrogen) atoms. The van der Waals surface area contributed by atoms with Gasteiger partial charge in [0, 0.05) is 19.6 Å². The van der Waals surface area contributed by atoms with Gasteiger partial charge >= 0.3 is 0 Å². The van der Waals surface area contributed by atoms with Crippen molar-refractivity contribution < 1.29 is 14.3 Å². The van der Waals surface area contributed by atoms with Gasteiger partial charge in [-0.1, -0.05) is 34.6 Å². The fourth-order valence-corrected chi connectivity index (χ4v) is 1.30. The number of ether oxygens (including phenoxy) is 2. The van der Waals surface area contributed by atoms with Crippen LogP contribution in [0.2, 0.25) is 0 Å². The standard InChI is InChI=1S/C13H27NO3.C2H6/c1-4-13(15)14-7-9-17-11-10-16-8-5-6-12(2)3;1-2/h12H,4-11H2,1-3H3,(H,14,15);1-2H3. The van der Waals surface area contributed by atoms with E-state index in [1.165, 1.54) is 6.42 Å². The van der Waals surface area contributed by atoms with Crippen molar-refractivity contribution >= 4 is 5.91 Å². The SMILES string of the molecule is CC.CCC(=O)NCCOCCOCCCC(C)C. The molecule has 4 nitrogen and oxygen atoms in total. The molecule has 0 saturated carbocycles. The Morgan fingerprint density at radius 1 is 1.05 bits per heavy atom. The van der Waals surface area contributed by atoms with Crippen LogP contribution in [-0.2, 0) is 14.3 Å². The molecule has 4 heteroatoms. The highest BCUT2D eigenvalue weighted by Crippen LogP contribution is 2.02. The maximum atomic E-state index is 10.9. The van der Waals surface area contributed by atoms with Crippen LogP contribution >= 0.6 is 0 Å². The number of amides is 1. The van der Waals surface area contributed by atoms with E-state index in [1.54, 1.807) is 0 Å². The van der Waals surface area contributed by atoms with E-state index in [-0.39, 0.29) is 5.91 Å². The smallest absolute Gasteiger partial charge is 0.219 e. The second-order valence-corrected chi connectivity index (χ2v) is 4.46. The van der Waals surface area contributed by atoms with Crippen LogP contribution in [0.25, 0.3) is 0 Å². The second-order valence-electron chi connectivity index (χ2n) is 4.46. The Morgan fingerprint density at radius 2 is 1.63 bits per heavy atom. The minimum Gasteiger partial charge on any atom is -0.379 e. The van der Waals surface area contributed by atoms with Crippen molar-refractivity contribution in [1.29, 1.82) is 0 Å². The van der Waals surface area contributed by atoms with Gasteiger partial charge in [0.15, 0.2) is 0 Å². The third kappa shape index (κ3) is 19.9. The number of nitrogens with one attached hydrogen (secondary N) is 1. The number of hydrogen-bond donors (Lipinski definition) is 1. The highest BCUT2D eigenvalue weighted by atomic mass is 16.5. The van der Waals surface area contributed by atoms with Crippen LogP contribution in [0.15, 0.2) is 0 Å². The lowest BCUT2D eigenvalue weighted by atomic mass is 10.1. The van der Waals surface area contributed by atoms with Crippen LogP contribution in [-0.4, -0.2) is 38.9 Å². The highest BCUT2D eigenvalue weighted by Gasteiger charge is 1.96. The molecule has 0 bridgehead atoms. The molecular weight excluding hydrogens is 242 g/mol. The zero-order valence-corrected chi connectivity index (χ0v) is 13.5. The van der Waals surface area contributed by atoms with Crippen molar-refractivity contribution in [3.63, 3.8) is 0 Å². The average Bonchev–Trinajstić information content (AvgIpc) is 2.42. The molecule has 0 unspecified atom stereocenters. The molecule has 0 fully saturated rings. The summed E-state index contributed by atoms with van der Waals surface area (Å²) in [5, 5.41) is 2.75. The van der Waals surface area contributed by atoms with Crippen molar-refractivity contribution in [3.05, 3.63) is 0 Å². The molecule has 0 aromatic carbocycles. The van der Waals surface area contributed by atoms with Gasteiger partial charge in [0.25, 0.3) is 0 Å². The van der Waals surface area contributed by atoms with E-state index in [1.807, 2.05) is 20.8 Å². The van der Waals surface area contributed by atoms with E-state index in [0.29, 0.717) is 32.8 Å². The molecule has 1 amide bonds. The van der Waals surface area contributed by atoms with Gasteiger partial charge in [-0.2, -0.15) is 0 Å². The van der Waals surface area contributed by atoms with E-state index in [9.17, 15) is 4.79 Å². The summed E-state index contributed by atoms with van der Waals surface area (Å²) in [4.78, 5) is 10.9. The fraction of sp³-hybridized carbons (Fsp3) is 0.933. The molecule has 0 saturated heterocycles. The summed E-state index contributed by atoms with van der Waals surface area (Å²) in [5.41, 5.74) is 0. The first-order valence-corrected chi connectivity index (χ1v) is 7.59. The van der Waals surface area contributed by atoms with Crippen molar-refractivity contribution in [2.75, 3.05) is 33.0 Å². The topological polar surface area (TPSA) is 47.6 Å². The molecule has 0 aliphatic carbocycles. The Hall–Kier alpha value is -0.610. The summed E-state index contributed by atoms with van der Waals surface area (Å²) in [6, 6.07) is 0.